The van der Waals surface area contributed by atoms with E-state index in [-0.39, 0.29) is 5.82 Å². The van der Waals surface area contributed by atoms with Gasteiger partial charge in [0, 0.05) is 6.20 Å². The highest BCUT2D eigenvalue weighted by atomic mass is 19.1. The molecule has 0 amide bonds. The summed E-state index contributed by atoms with van der Waals surface area (Å²) in [5.41, 5.74) is 12.2. The standard InChI is InChI=1S/C10H11FN2/c11-10-3-1-8(2-4-10)9(7-13)5-6-12/h1-7H,12-13H2/b6-5-,9-7+. The number of rotatable bonds is 2. The number of halogens is 1. The first kappa shape index (κ1) is 9.32. The van der Waals surface area contributed by atoms with Gasteiger partial charge >= 0.3 is 0 Å². The predicted molar refractivity (Wildman–Crippen MR) is 51.9 cm³/mol. The zero-order valence-electron chi connectivity index (χ0n) is 7.07. The molecule has 0 atom stereocenters. The maximum atomic E-state index is 12.5. The van der Waals surface area contributed by atoms with E-state index < -0.39 is 0 Å². The van der Waals surface area contributed by atoms with Crippen molar-refractivity contribution in [2.75, 3.05) is 0 Å². The summed E-state index contributed by atoms with van der Waals surface area (Å²) in [6.45, 7) is 0. The summed E-state index contributed by atoms with van der Waals surface area (Å²) in [7, 11) is 0. The summed E-state index contributed by atoms with van der Waals surface area (Å²) >= 11 is 0. The van der Waals surface area contributed by atoms with Crippen molar-refractivity contribution in [1.82, 2.24) is 0 Å². The topological polar surface area (TPSA) is 52.0 Å². The van der Waals surface area contributed by atoms with Gasteiger partial charge in [0.2, 0.25) is 0 Å². The molecule has 13 heavy (non-hydrogen) atoms. The molecule has 0 aliphatic rings. The van der Waals surface area contributed by atoms with Crippen molar-refractivity contribution >= 4 is 5.57 Å². The first-order valence-corrected chi connectivity index (χ1v) is 3.84. The highest BCUT2D eigenvalue weighted by molar-refractivity contribution is 5.73. The molecule has 0 aromatic heterocycles. The molecule has 68 valence electrons. The molecule has 0 aliphatic heterocycles. The van der Waals surface area contributed by atoms with Gasteiger partial charge in [-0.05, 0) is 35.5 Å². The SMILES string of the molecule is N/C=C\C(=C/N)c1ccc(F)cc1. The monoisotopic (exact) mass is 178 g/mol. The zero-order valence-corrected chi connectivity index (χ0v) is 7.07. The second-order valence-electron chi connectivity index (χ2n) is 2.49. The fraction of sp³-hybridized carbons (Fsp3) is 0. The quantitative estimate of drug-likeness (QED) is 0.676. The summed E-state index contributed by atoms with van der Waals surface area (Å²) in [5, 5.41) is 0. The zero-order chi connectivity index (χ0) is 9.68. The summed E-state index contributed by atoms with van der Waals surface area (Å²) < 4.78 is 12.5. The highest BCUT2D eigenvalue weighted by Gasteiger charge is 1.96. The van der Waals surface area contributed by atoms with Crippen molar-refractivity contribution in [3.8, 4) is 0 Å². The van der Waals surface area contributed by atoms with Gasteiger partial charge in [-0.15, -0.1) is 0 Å². The summed E-state index contributed by atoms with van der Waals surface area (Å²) in [6.07, 6.45) is 4.48. The van der Waals surface area contributed by atoms with Crippen LogP contribution < -0.4 is 11.5 Å². The summed E-state index contributed by atoms with van der Waals surface area (Å²) in [6, 6.07) is 6.05. The van der Waals surface area contributed by atoms with Gasteiger partial charge in [-0.3, -0.25) is 0 Å². The Balaban J connectivity index is 3.00. The molecule has 0 saturated heterocycles. The molecule has 0 spiro atoms. The molecular weight excluding hydrogens is 167 g/mol. The van der Waals surface area contributed by atoms with Gasteiger partial charge in [0.05, 0.1) is 0 Å². The summed E-state index contributed by atoms with van der Waals surface area (Å²) in [4.78, 5) is 0. The molecule has 0 saturated carbocycles. The highest BCUT2D eigenvalue weighted by Crippen LogP contribution is 2.14. The van der Waals surface area contributed by atoms with Crippen LogP contribution in [-0.2, 0) is 0 Å². The van der Waals surface area contributed by atoms with Gasteiger partial charge in [0.25, 0.3) is 0 Å². The third kappa shape index (κ3) is 2.33. The minimum Gasteiger partial charge on any atom is -0.405 e. The van der Waals surface area contributed by atoms with Crippen molar-refractivity contribution in [3.05, 3.63) is 54.1 Å². The maximum absolute atomic E-state index is 12.5. The lowest BCUT2D eigenvalue weighted by molar-refractivity contribution is 0.627. The van der Waals surface area contributed by atoms with Crippen LogP contribution in [0.5, 0.6) is 0 Å². The van der Waals surface area contributed by atoms with Crippen LogP contribution in [0.1, 0.15) is 5.56 Å². The van der Waals surface area contributed by atoms with E-state index in [9.17, 15) is 4.39 Å². The van der Waals surface area contributed by atoms with E-state index in [1.54, 1.807) is 18.2 Å². The maximum Gasteiger partial charge on any atom is 0.123 e. The molecule has 0 bridgehead atoms. The van der Waals surface area contributed by atoms with E-state index in [0.717, 1.165) is 11.1 Å². The van der Waals surface area contributed by atoms with Crippen molar-refractivity contribution in [2.24, 2.45) is 11.5 Å². The number of allylic oxidation sites excluding steroid dienone is 2. The molecule has 1 aromatic rings. The molecule has 1 aromatic carbocycles. The van der Waals surface area contributed by atoms with Crippen molar-refractivity contribution in [2.45, 2.75) is 0 Å². The van der Waals surface area contributed by atoms with Crippen molar-refractivity contribution in [1.29, 1.82) is 0 Å². The number of hydrogen-bond donors (Lipinski definition) is 2. The normalized spacial score (nSPS) is 12.2. The Morgan fingerprint density at radius 2 is 1.77 bits per heavy atom. The third-order valence-corrected chi connectivity index (χ3v) is 1.63. The molecule has 2 nitrogen and oxygen atoms in total. The van der Waals surface area contributed by atoms with Crippen LogP contribution in [0, 0.1) is 5.82 Å². The Hall–Kier alpha value is -1.77. The van der Waals surface area contributed by atoms with Crippen molar-refractivity contribution in [3.63, 3.8) is 0 Å². The molecule has 1 rings (SSSR count). The van der Waals surface area contributed by atoms with Crippen LogP contribution in [0.25, 0.3) is 5.57 Å². The second-order valence-corrected chi connectivity index (χ2v) is 2.49. The van der Waals surface area contributed by atoms with Crippen LogP contribution in [0.15, 0.2) is 42.7 Å². The van der Waals surface area contributed by atoms with Crippen LogP contribution in [-0.4, -0.2) is 0 Å². The van der Waals surface area contributed by atoms with Gasteiger partial charge in [0.15, 0.2) is 0 Å². The lowest BCUT2D eigenvalue weighted by Gasteiger charge is -2.00. The molecule has 0 radical (unpaired) electrons. The van der Waals surface area contributed by atoms with E-state index >= 15 is 0 Å². The van der Waals surface area contributed by atoms with Gasteiger partial charge in [-0.2, -0.15) is 0 Å². The van der Waals surface area contributed by atoms with Crippen molar-refractivity contribution < 1.29 is 4.39 Å². The van der Waals surface area contributed by atoms with E-state index in [1.165, 1.54) is 24.5 Å². The molecule has 0 unspecified atom stereocenters. The van der Waals surface area contributed by atoms with E-state index in [0.29, 0.717) is 0 Å². The third-order valence-electron chi connectivity index (χ3n) is 1.63. The largest absolute Gasteiger partial charge is 0.405 e. The van der Waals surface area contributed by atoms with Gasteiger partial charge in [-0.1, -0.05) is 12.1 Å². The average Bonchev–Trinajstić information content (AvgIpc) is 2.16. The minimum atomic E-state index is -0.267. The van der Waals surface area contributed by atoms with Crippen LogP contribution in [0.2, 0.25) is 0 Å². The Morgan fingerprint density at radius 3 is 2.23 bits per heavy atom. The van der Waals surface area contributed by atoms with E-state index in [4.69, 9.17) is 11.5 Å². The van der Waals surface area contributed by atoms with Crippen LogP contribution >= 0.6 is 0 Å². The summed E-state index contributed by atoms with van der Waals surface area (Å²) in [5.74, 6) is -0.267. The fourth-order valence-corrected chi connectivity index (χ4v) is 0.994. The van der Waals surface area contributed by atoms with Gasteiger partial charge < -0.3 is 11.5 Å². The first-order valence-electron chi connectivity index (χ1n) is 3.84. The predicted octanol–water partition coefficient (Wildman–Crippen LogP) is 1.60. The Kier molecular flexibility index (Phi) is 3.09. The van der Waals surface area contributed by atoms with Crippen LogP contribution in [0.4, 0.5) is 4.39 Å². The molecule has 3 heteroatoms. The van der Waals surface area contributed by atoms with Gasteiger partial charge in [-0.25, -0.2) is 4.39 Å². The molecule has 0 heterocycles. The Bertz CT molecular complexity index is 325. The lowest BCUT2D eigenvalue weighted by atomic mass is 10.1. The average molecular weight is 178 g/mol. The van der Waals surface area contributed by atoms with E-state index in [1.807, 2.05) is 0 Å². The van der Waals surface area contributed by atoms with E-state index in [2.05, 4.69) is 0 Å². The smallest absolute Gasteiger partial charge is 0.123 e. The number of benzene rings is 1. The van der Waals surface area contributed by atoms with Gasteiger partial charge in [0.1, 0.15) is 5.82 Å². The molecule has 0 aliphatic carbocycles. The lowest BCUT2D eigenvalue weighted by Crippen LogP contribution is -1.88. The molecular formula is C10H11FN2. The van der Waals surface area contributed by atoms with Crippen LogP contribution in [0.3, 0.4) is 0 Å². The molecule has 0 fully saturated rings. The minimum absolute atomic E-state index is 0.267. The Morgan fingerprint density at radius 1 is 1.15 bits per heavy atom. The number of nitrogens with two attached hydrogens (primary N) is 2. The number of hydrogen-bond acceptors (Lipinski definition) is 2. The first-order chi connectivity index (χ1) is 6.27. The second kappa shape index (κ2) is 4.30. The molecule has 4 N–H and O–H groups in total. The Labute approximate surface area is 76.4 Å². The fourth-order valence-electron chi connectivity index (χ4n) is 0.994.